The number of carbonyl (C=O) groups is 2. The number of benzene rings is 3. The summed E-state index contributed by atoms with van der Waals surface area (Å²) >= 11 is 6.34. The van der Waals surface area contributed by atoms with Crippen LogP contribution in [0.15, 0.2) is 77.7 Å². The second-order valence-corrected chi connectivity index (χ2v) is 10.8. The fraction of sp³-hybridized carbons (Fsp3) is 0.259. The molecule has 0 radical (unpaired) electrons. The molecule has 0 heterocycles. The summed E-state index contributed by atoms with van der Waals surface area (Å²) in [6.07, 6.45) is 0. The highest BCUT2D eigenvalue weighted by atomic mass is 35.5. The molecule has 0 unspecified atom stereocenters. The topological polar surface area (TPSA) is 86.8 Å². The number of anilines is 1. The van der Waals surface area contributed by atoms with Gasteiger partial charge in [-0.25, -0.2) is 8.42 Å². The summed E-state index contributed by atoms with van der Waals surface area (Å²) in [5.74, 6) is -0.913. The zero-order chi connectivity index (χ0) is 26.5. The number of rotatable bonds is 9. The summed E-state index contributed by atoms with van der Waals surface area (Å²) in [5, 5.41) is 3.01. The molecule has 0 spiro atoms. The van der Waals surface area contributed by atoms with E-state index in [9.17, 15) is 18.0 Å². The number of hydrogen-bond donors (Lipinski definition) is 1. The zero-order valence-electron chi connectivity index (χ0n) is 20.7. The van der Waals surface area contributed by atoms with Gasteiger partial charge in [-0.1, -0.05) is 54.1 Å². The molecular weight excluding hydrogens is 498 g/mol. The van der Waals surface area contributed by atoms with Gasteiger partial charge in [-0.05, 0) is 67.8 Å². The number of aryl methyl sites for hydroxylation is 2. The first kappa shape index (κ1) is 27.2. The highest BCUT2D eigenvalue weighted by Gasteiger charge is 2.32. The third-order valence-electron chi connectivity index (χ3n) is 5.82. The minimum absolute atomic E-state index is 0.0408. The van der Waals surface area contributed by atoms with Gasteiger partial charge < -0.3 is 10.2 Å². The lowest BCUT2D eigenvalue weighted by atomic mass is 10.1. The SMILES string of the molecule is CNC(=O)[C@@H](C)N(Cc1ccccc1Cl)C(=O)CN(c1cc(C)cc(C)c1)S(=O)(=O)c1ccccc1. The van der Waals surface area contributed by atoms with Crippen LogP contribution in [0.1, 0.15) is 23.6 Å². The van der Waals surface area contributed by atoms with Gasteiger partial charge in [0.25, 0.3) is 10.0 Å². The van der Waals surface area contributed by atoms with Gasteiger partial charge in [0.2, 0.25) is 11.8 Å². The van der Waals surface area contributed by atoms with Crippen molar-refractivity contribution in [2.75, 3.05) is 17.9 Å². The predicted octanol–water partition coefficient (Wildman–Crippen LogP) is 4.32. The minimum atomic E-state index is -4.09. The molecule has 1 atom stereocenters. The van der Waals surface area contributed by atoms with Gasteiger partial charge in [-0.2, -0.15) is 0 Å². The summed E-state index contributed by atoms with van der Waals surface area (Å²) in [4.78, 5) is 27.7. The predicted molar refractivity (Wildman–Crippen MR) is 142 cm³/mol. The zero-order valence-corrected chi connectivity index (χ0v) is 22.3. The van der Waals surface area contributed by atoms with Crippen LogP contribution in [0.3, 0.4) is 0 Å². The van der Waals surface area contributed by atoms with Crippen LogP contribution >= 0.6 is 11.6 Å². The third kappa shape index (κ3) is 6.25. The van der Waals surface area contributed by atoms with E-state index in [2.05, 4.69) is 5.32 Å². The smallest absolute Gasteiger partial charge is 0.264 e. The molecule has 1 N–H and O–H groups in total. The van der Waals surface area contributed by atoms with E-state index in [1.807, 2.05) is 19.9 Å². The Morgan fingerprint density at radius 2 is 1.53 bits per heavy atom. The average molecular weight is 528 g/mol. The van der Waals surface area contributed by atoms with Crippen LogP contribution in [0.25, 0.3) is 0 Å². The normalized spacial score (nSPS) is 12.0. The van der Waals surface area contributed by atoms with E-state index in [-0.39, 0.29) is 17.3 Å². The van der Waals surface area contributed by atoms with E-state index < -0.39 is 28.5 Å². The Bertz CT molecular complexity index is 1330. The van der Waals surface area contributed by atoms with Gasteiger partial charge in [0.1, 0.15) is 12.6 Å². The van der Waals surface area contributed by atoms with Crippen molar-refractivity contribution in [1.29, 1.82) is 0 Å². The molecule has 190 valence electrons. The number of halogens is 1. The Kier molecular flexibility index (Phi) is 8.76. The second-order valence-electron chi connectivity index (χ2n) is 8.57. The van der Waals surface area contributed by atoms with E-state index in [4.69, 9.17) is 11.6 Å². The van der Waals surface area contributed by atoms with Gasteiger partial charge in [0, 0.05) is 18.6 Å². The molecule has 0 aromatic heterocycles. The molecule has 3 aromatic rings. The number of likely N-dealkylation sites (N-methyl/N-ethyl adjacent to an activating group) is 1. The molecule has 0 saturated heterocycles. The molecule has 7 nitrogen and oxygen atoms in total. The maximum atomic E-state index is 13.7. The number of amides is 2. The summed E-state index contributed by atoms with van der Waals surface area (Å²) in [5.41, 5.74) is 2.73. The largest absolute Gasteiger partial charge is 0.357 e. The summed E-state index contributed by atoms with van der Waals surface area (Å²) in [6.45, 7) is 4.87. The highest BCUT2D eigenvalue weighted by molar-refractivity contribution is 7.92. The Labute approximate surface area is 217 Å². The Morgan fingerprint density at radius 1 is 0.944 bits per heavy atom. The van der Waals surface area contributed by atoms with Gasteiger partial charge >= 0.3 is 0 Å². The fourth-order valence-corrected chi connectivity index (χ4v) is 5.56. The van der Waals surface area contributed by atoms with Crippen LogP contribution in [-0.2, 0) is 26.2 Å². The molecule has 0 saturated carbocycles. The highest BCUT2D eigenvalue weighted by Crippen LogP contribution is 2.27. The lowest BCUT2D eigenvalue weighted by Gasteiger charge is -2.32. The van der Waals surface area contributed by atoms with Crippen molar-refractivity contribution < 1.29 is 18.0 Å². The van der Waals surface area contributed by atoms with Crippen LogP contribution in [0.2, 0.25) is 5.02 Å². The van der Waals surface area contributed by atoms with Crippen molar-refractivity contribution in [3.8, 4) is 0 Å². The van der Waals surface area contributed by atoms with Crippen molar-refractivity contribution in [2.24, 2.45) is 0 Å². The molecule has 9 heteroatoms. The van der Waals surface area contributed by atoms with Crippen molar-refractivity contribution in [2.45, 2.75) is 38.3 Å². The average Bonchev–Trinajstić information content (AvgIpc) is 2.85. The number of carbonyl (C=O) groups excluding carboxylic acids is 2. The van der Waals surface area contributed by atoms with Crippen molar-refractivity contribution in [3.63, 3.8) is 0 Å². The summed E-state index contributed by atoms with van der Waals surface area (Å²) in [7, 11) is -2.60. The van der Waals surface area contributed by atoms with E-state index in [1.165, 1.54) is 24.1 Å². The molecule has 2 amide bonds. The molecule has 3 aromatic carbocycles. The first-order valence-electron chi connectivity index (χ1n) is 11.4. The van der Waals surface area contributed by atoms with Gasteiger partial charge in [0.15, 0.2) is 0 Å². The molecule has 0 fully saturated rings. The number of sulfonamides is 1. The molecule has 0 bridgehead atoms. The van der Waals surface area contributed by atoms with Crippen LogP contribution in [0.5, 0.6) is 0 Å². The second kappa shape index (κ2) is 11.6. The van der Waals surface area contributed by atoms with Crippen molar-refractivity contribution in [1.82, 2.24) is 10.2 Å². The molecule has 0 aliphatic rings. The lowest BCUT2D eigenvalue weighted by Crippen LogP contribution is -2.50. The van der Waals surface area contributed by atoms with Crippen molar-refractivity contribution >= 4 is 39.1 Å². The molecule has 0 aliphatic carbocycles. The Balaban J connectivity index is 2.07. The molecule has 3 rings (SSSR count). The van der Waals surface area contributed by atoms with E-state index in [1.54, 1.807) is 61.5 Å². The van der Waals surface area contributed by atoms with Crippen LogP contribution in [-0.4, -0.2) is 44.8 Å². The summed E-state index contributed by atoms with van der Waals surface area (Å²) in [6, 6.07) is 19.5. The van der Waals surface area contributed by atoms with Gasteiger partial charge in [0.05, 0.1) is 10.6 Å². The minimum Gasteiger partial charge on any atom is -0.357 e. The van der Waals surface area contributed by atoms with Gasteiger partial charge in [-0.3, -0.25) is 13.9 Å². The van der Waals surface area contributed by atoms with E-state index in [0.717, 1.165) is 15.4 Å². The Morgan fingerprint density at radius 3 is 2.11 bits per heavy atom. The maximum Gasteiger partial charge on any atom is 0.264 e. The molecule has 36 heavy (non-hydrogen) atoms. The quantitative estimate of drug-likeness (QED) is 0.449. The maximum absolute atomic E-state index is 13.7. The molecule has 0 aliphatic heterocycles. The fourth-order valence-electron chi connectivity index (χ4n) is 3.94. The monoisotopic (exact) mass is 527 g/mol. The standard InChI is InChI=1S/C27H30ClN3O4S/c1-19-14-20(2)16-23(15-19)31(36(34,35)24-11-6-5-7-12-24)18-26(32)30(21(3)27(33)29-4)17-22-10-8-9-13-25(22)28/h5-16,21H,17-18H2,1-4H3,(H,29,33)/t21-/m1/s1. The van der Waals surface area contributed by atoms with Crippen molar-refractivity contribution in [3.05, 3.63) is 94.5 Å². The number of nitrogens with one attached hydrogen (secondary N) is 1. The lowest BCUT2D eigenvalue weighted by molar-refractivity contribution is -0.139. The first-order valence-corrected chi connectivity index (χ1v) is 13.3. The van der Waals surface area contributed by atoms with Crippen LogP contribution in [0.4, 0.5) is 5.69 Å². The van der Waals surface area contributed by atoms with Crippen LogP contribution in [0, 0.1) is 13.8 Å². The number of hydrogen-bond acceptors (Lipinski definition) is 4. The molecular formula is C27H30ClN3O4S. The summed E-state index contributed by atoms with van der Waals surface area (Å²) < 4.78 is 28.6. The van der Waals surface area contributed by atoms with E-state index >= 15 is 0 Å². The first-order chi connectivity index (χ1) is 17.0. The number of nitrogens with zero attached hydrogens (tertiary/aromatic N) is 2. The third-order valence-corrected chi connectivity index (χ3v) is 7.97. The Hall–Kier alpha value is -3.36. The van der Waals surface area contributed by atoms with Gasteiger partial charge in [-0.15, -0.1) is 0 Å². The van der Waals surface area contributed by atoms with E-state index in [0.29, 0.717) is 16.3 Å². The van der Waals surface area contributed by atoms with Crippen LogP contribution < -0.4 is 9.62 Å².